The van der Waals surface area contributed by atoms with Crippen molar-refractivity contribution in [2.45, 2.75) is 31.8 Å². The minimum absolute atomic E-state index is 0.293. The number of allylic oxidation sites excluding steroid dienone is 5. The van der Waals surface area contributed by atoms with E-state index in [-0.39, 0.29) is 0 Å². The van der Waals surface area contributed by atoms with Crippen molar-refractivity contribution >= 4 is 34.7 Å². The molecule has 0 saturated carbocycles. The van der Waals surface area contributed by atoms with Crippen LogP contribution < -0.4 is 4.74 Å². The van der Waals surface area contributed by atoms with Crippen LogP contribution in [0, 0.1) is 5.82 Å². The van der Waals surface area contributed by atoms with Gasteiger partial charge in [-0.15, -0.1) is 0 Å². The van der Waals surface area contributed by atoms with Gasteiger partial charge in [-0.2, -0.15) is 5.10 Å². The van der Waals surface area contributed by atoms with Crippen LogP contribution in [0.25, 0.3) is 5.57 Å². The average Bonchev–Trinajstić information content (AvgIpc) is 3.42. The molecule has 1 aliphatic rings. The molecule has 0 amide bonds. The highest BCUT2D eigenvalue weighted by Crippen LogP contribution is 2.42. The Balaban J connectivity index is 1.50. The minimum Gasteiger partial charge on any atom is -0.493 e. The van der Waals surface area contributed by atoms with Gasteiger partial charge < -0.3 is 9.47 Å². The van der Waals surface area contributed by atoms with Gasteiger partial charge in [0.1, 0.15) is 11.6 Å². The summed E-state index contributed by atoms with van der Waals surface area (Å²) in [6.07, 6.45) is 12.5. The summed E-state index contributed by atoms with van der Waals surface area (Å²) in [6, 6.07) is 19.1. The molecular weight excluding hydrogens is 574 g/mol. The summed E-state index contributed by atoms with van der Waals surface area (Å²) in [7, 11) is 0. The van der Waals surface area contributed by atoms with Gasteiger partial charge in [0.2, 0.25) is 0 Å². The van der Waals surface area contributed by atoms with E-state index < -0.39 is 17.4 Å². The summed E-state index contributed by atoms with van der Waals surface area (Å²) >= 11 is 12.4. The van der Waals surface area contributed by atoms with E-state index in [1.807, 2.05) is 30.3 Å². The third-order valence-corrected chi connectivity index (χ3v) is 7.54. The number of carbonyl (C=O) groups is 1. The van der Waals surface area contributed by atoms with Crippen LogP contribution in [-0.2, 0) is 15.1 Å². The smallest absolute Gasteiger partial charge is 0.335 e. The maximum Gasteiger partial charge on any atom is 0.335 e. The van der Waals surface area contributed by atoms with Gasteiger partial charge in [-0.3, -0.25) is 5.10 Å². The van der Waals surface area contributed by atoms with Crippen LogP contribution in [0.3, 0.4) is 0 Å². The zero-order valence-corrected chi connectivity index (χ0v) is 24.5. The summed E-state index contributed by atoms with van der Waals surface area (Å²) in [5, 5.41) is 8.07. The summed E-state index contributed by atoms with van der Waals surface area (Å²) in [5.41, 5.74) is 2.05. The predicted octanol–water partition coefficient (Wildman–Crippen LogP) is 8.84. The third kappa shape index (κ3) is 6.35. The van der Waals surface area contributed by atoms with Crippen LogP contribution in [-0.4, -0.2) is 22.8 Å². The summed E-state index contributed by atoms with van der Waals surface area (Å²) in [6.45, 7) is 2.61. The molecule has 1 aliphatic carbocycles. The SMILES string of the molecule is CCCCOc1ccc(C2=CC=C(C(=O)OC(c3ccc(Cl)cc3)(c3ccc(Cl)cc3)c3cn[nH]c3)CC=C2)c(F)c1. The zero-order valence-electron chi connectivity index (χ0n) is 22.9. The number of rotatable bonds is 10. The van der Waals surface area contributed by atoms with E-state index in [0.29, 0.717) is 62.2 Å². The number of aromatic amines is 1. The molecule has 0 atom stereocenters. The molecule has 1 aromatic heterocycles. The van der Waals surface area contributed by atoms with Crippen molar-refractivity contribution in [1.29, 1.82) is 0 Å². The number of nitrogens with one attached hydrogen (secondary N) is 1. The lowest BCUT2D eigenvalue weighted by Crippen LogP contribution is -2.35. The molecule has 42 heavy (non-hydrogen) atoms. The Morgan fingerprint density at radius 3 is 2.26 bits per heavy atom. The molecular formula is C34H29Cl2FN2O3. The lowest BCUT2D eigenvalue weighted by Gasteiger charge is -2.34. The van der Waals surface area contributed by atoms with Gasteiger partial charge >= 0.3 is 5.97 Å². The fourth-order valence-corrected chi connectivity index (χ4v) is 5.06. The molecule has 0 aliphatic heterocycles. The standard InChI is InChI=1S/C34H29Cl2FN2O3/c1-2-3-19-41-30-17-18-31(32(37)20-30)23-5-4-6-24(8-7-23)33(40)42-34(27-21-38-39-22-27,25-9-13-28(35)14-10-25)26-11-15-29(36)16-12-26/h4-5,7-18,20-22H,2-3,6,19H2,1H3,(H,38,39). The first-order valence-corrected chi connectivity index (χ1v) is 14.4. The fraction of sp³-hybridized carbons (Fsp3) is 0.176. The molecule has 1 N–H and O–H groups in total. The van der Waals surface area contributed by atoms with Gasteiger partial charge in [0, 0.05) is 50.1 Å². The molecule has 5 rings (SSSR count). The fourth-order valence-electron chi connectivity index (χ4n) is 4.81. The highest BCUT2D eigenvalue weighted by Gasteiger charge is 2.42. The van der Waals surface area contributed by atoms with E-state index in [2.05, 4.69) is 17.1 Å². The first-order valence-electron chi connectivity index (χ1n) is 13.7. The second-order valence-electron chi connectivity index (χ2n) is 9.84. The van der Waals surface area contributed by atoms with Gasteiger partial charge in [-0.1, -0.05) is 85.1 Å². The number of hydrogen-bond acceptors (Lipinski definition) is 4. The molecule has 0 spiro atoms. The number of carbonyl (C=O) groups excluding carboxylic acids is 1. The van der Waals surface area contributed by atoms with Crippen molar-refractivity contribution < 1.29 is 18.7 Å². The van der Waals surface area contributed by atoms with Crippen molar-refractivity contribution in [1.82, 2.24) is 10.2 Å². The minimum atomic E-state index is -1.36. The largest absolute Gasteiger partial charge is 0.493 e. The number of ether oxygens (including phenoxy) is 2. The summed E-state index contributed by atoms with van der Waals surface area (Å²) < 4.78 is 27.1. The second kappa shape index (κ2) is 13.2. The number of H-pyrrole nitrogens is 1. The predicted molar refractivity (Wildman–Crippen MR) is 164 cm³/mol. The Morgan fingerprint density at radius 1 is 0.976 bits per heavy atom. The monoisotopic (exact) mass is 602 g/mol. The second-order valence-corrected chi connectivity index (χ2v) is 10.7. The van der Waals surface area contributed by atoms with Crippen molar-refractivity contribution in [3.63, 3.8) is 0 Å². The number of unbranched alkanes of at least 4 members (excludes halogenated alkanes) is 1. The maximum absolute atomic E-state index is 15.0. The number of nitrogens with zero attached hydrogens (tertiary/aromatic N) is 1. The molecule has 3 aromatic carbocycles. The maximum atomic E-state index is 15.0. The summed E-state index contributed by atoms with van der Waals surface area (Å²) in [5.74, 6) is -0.449. The highest BCUT2D eigenvalue weighted by molar-refractivity contribution is 6.30. The van der Waals surface area contributed by atoms with Crippen LogP contribution in [0.5, 0.6) is 5.75 Å². The van der Waals surface area contributed by atoms with E-state index >= 15 is 4.39 Å². The Morgan fingerprint density at radius 2 is 1.67 bits per heavy atom. The molecule has 214 valence electrons. The first-order chi connectivity index (χ1) is 20.4. The van der Waals surface area contributed by atoms with Gasteiger partial charge in [0.05, 0.1) is 12.8 Å². The Hall–Kier alpha value is -4.13. The van der Waals surface area contributed by atoms with Crippen molar-refractivity contribution in [2.75, 3.05) is 6.61 Å². The van der Waals surface area contributed by atoms with Crippen LogP contribution in [0.4, 0.5) is 4.39 Å². The Labute approximate surface area is 254 Å². The van der Waals surface area contributed by atoms with Gasteiger partial charge in [-0.05, 0) is 54.8 Å². The molecule has 0 radical (unpaired) electrons. The zero-order chi connectivity index (χ0) is 29.5. The van der Waals surface area contributed by atoms with Crippen LogP contribution in [0.15, 0.2) is 109 Å². The number of aromatic nitrogens is 2. The van der Waals surface area contributed by atoms with Gasteiger partial charge in [0.25, 0.3) is 0 Å². The topological polar surface area (TPSA) is 64.2 Å². The average molecular weight is 604 g/mol. The van der Waals surface area contributed by atoms with Gasteiger partial charge in [0.15, 0.2) is 5.60 Å². The number of hydrogen-bond donors (Lipinski definition) is 1. The van der Waals surface area contributed by atoms with Crippen LogP contribution in [0.2, 0.25) is 10.0 Å². The van der Waals surface area contributed by atoms with E-state index in [4.69, 9.17) is 32.7 Å². The van der Waals surface area contributed by atoms with E-state index in [9.17, 15) is 4.79 Å². The lowest BCUT2D eigenvalue weighted by molar-refractivity contribution is -0.148. The van der Waals surface area contributed by atoms with Gasteiger partial charge in [-0.25, -0.2) is 9.18 Å². The number of esters is 1. The van der Waals surface area contributed by atoms with Crippen LogP contribution >= 0.6 is 23.2 Å². The number of benzene rings is 3. The molecule has 8 heteroatoms. The molecule has 4 aromatic rings. The molecule has 0 unspecified atom stereocenters. The first kappa shape index (κ1) is 29.4. The normalized spacial score (nSPS) is 13.2. The van der Waals surface area contributed by atoms with E-state index in [1.54, 1.807) is 67.0 Å². The van der Waals surface area contributed by atoms with E-state index in [1.165, 1.54) is 6.07 Å². The van der Waals surface area contributed by atoms with E-state index in [0.717, 1.165) is 12.8 Å². The molecule has 0 fully saturated rings. The highest BCUT2D eigenvalue weighted by atomic mass is 35.5. The molecule has 5 nitrogen and oxygen atoms in total. The van der Waals surface area contributed by atoms with Crippen LogP contribution in [0.1, 0.15) is 48.4 Å². The van der Waals surface area contributed by atoms with Crippen molar-refractivity contribution in [3.05, 3.63) is 147 Å². The Kier molecular flexibility index (Phi) is 9.25. The molecule has 1 heterocycles. The quantitative estimate of drug-likeness (QED) is 0.145. The Bertz CT molecular complexity index is 1580. The molecule has 0 saturated heterocycles. The summed E-state index contributed by atoms with van der Waals surface area (Å²) in [4.78, 5) is 13.9. The van der Waals surface area contributed by atoms with Crippen molar-refractivity contribution in [2.24, 2.45) is 0 Å². The molecule has 0 bridgehead atoms. The third-order valence-electron chi connectivity index (χ3n) is 7.03. The lowest BCUT2D eigenvalue weighted by atomic mass is 9.81. The van der Waals surface area contributed by atoms with Crippen molar-refractivity contribution in [3.8, 4) is 5.75 Å². The number of halogens is 3.